The van der Waals surface area contributed by atoms with Crippen molar-refractivity contribution in [2.45, 2.75) is 32.3 Å². The molecule has 39 heavy (non-hydrogen) atoms. The first-order chi connectivity index (χ1) is 18.2. The fraction of sp³-hybridized carbons (Fsp3) is 0.259. The third-order valence-corrected chi connectivity index (χ3v) is 5.85. The van der Waals surface area contributed by atoms with Crippen LogP contribution in [0.15, 0.2) is 60.7 Å². The van der Waals surface area contributed by atoms with Gasteiger partial charge in [-0.15, -0.1) is 0 Å². The number of carbonyl (C=O) groups excluding carboxylic acids is 2. The Morgan fingerprint density at radius 3 is 2.26 bits per heavy atom. The van der Waals surface area contributed by atoms with Gasteiger partial charge in [0.05, 0.1) is 23.4 Å². The molecule has 1 aliphatic heterocycles. The fourth-order valence-electron chi connectivity index (χ4n) is 3.97. The van der Waals surface area contributed by atoms with E-state index in [1.165, 1.54) is 30.0 Å². The number of benzene rings is 3. The molecule has 4 rings (SSSR count). The summed E-state index contributed by atoms with van der Waals surface area (Å²) >= 11 is 0. The van der Waals surface area contributed by atoms with Gasteiger partial charge < -0.3 is 19.7 Å². The van der Waals surface area contributed by atoms with Crippen LogP contribution in [0.3, 0.4) is 0 Å². The molecule has 0 bridgehead atoms. The van der Waals surface area contributed by atoms with Crippen molar-refractivity contribution in [3.8, 4) is 11.5 Å². The van der Waals surface area contributed by atoms with Gasteiger partial charge in [0.25, 0.3) is 11.8 Å². The zero-order chi connectivity index (χ0) is 28.5. The Hall–Kier alpha value is -4.22. The molecule has 0 aromatic heterocycles. The normalized spacial score (nSPS) is 15.4. The van der Waals surface area contributed by atoms with Gasteiger partial charge in [0.1, 0.15) is 18.1 Å². The standard InChI is InChI=1S/C27H22F6N2O4/c1-15-4-3-5-21(10-15)38-9-8-35-22-7-6-20(14-23(22)39-16(2)25(35)37)34-24(36)17-11-18(26(28,29)30)13-19(12-17)27(31,32)33/h3-7,10-14,16H,8-9H2,1-2H3,(H,34,36). The van der Waals surface area contributed by atoms with Crippen molar-refractivity contribution in [3.63, 3.8) is 0 Å². The summed E-state index contributed by atoms with van der Waals surface area (Å²) in [5.41, 5.74) is -2.62. The predicted octanol–water partition coefficient (Wildman–Crippen LogP) is 6.48. The quantitative estimate of drug-likeness (QED) is 0.356. The summed E-state index contributed by atoms with van der Waals surface area (Å²) in [4.78, 5) is 26.8. The highest BCUT2D eigenvalue weighted by Gasteiger charge is 2.38. The highest BCUT2D eigenvalue weighted by molar-refractivity contribution is 6.05. The summed E-state index contributed by atoms with van der Waals surface area (Å²) in [5.74, 6) is -0.702. The van der Waals surface area contributed by atoms with E-state index >= 15 is 0 Å². The third-order valence-electron chi connectivity index (χ3n) is 5.85. The average Bonchev–Trinajstić information content (AvgIpc) is 2.85. The molecule has 3 aromatic carbocycles. The maximum absolute atomic E-state index is 13.2. The number of hydrogen-bond acceptors (Lipinski definition) is 4. The van der Waals surface area contributed by atoms with Crippen LogP contribution in [0.5, 0.6) is 11.5 Å². The molecule has 0 aliphatic carbocycles. The van der Waals surface area contributed by atoms with E-state index in [1.54, 1.807) is 6.07 Å². The number of hydrogen-bond donors (Lipinski definition) is 1. The van der Waals surface area contributed by atoms with Crippen LogP contribution in [0.25, 0.3) is 0 Å². The second kappa shape index (κ2) is 10.5. The molecule has 1 N–H and O–H groups in total. The monoisotopic (exact) mass is 552 g/mol. The molecule has 206 valence electrons. The van der Waals surface area contributed by atoms with Crippen LogP contribution < -0.4 is 19.7 Å². The van der Waals surface area contributed by atoms with Gasteiger partial charge >= 0.3 is 12.4 Å². The largest absolute Gasteiger partial charge is 0.492 e. The Bertz CT molecular complexity index is 1370. The highest BCUT2D eigenvalue weighted by atomic mass is 19.4. The molecule has 3 aromatic rings. The lowest BCUT2D eigenvalue weighted by molar-refractivity contribution is -0.143. The molecular weight excluding hydrogens is 530 g/mol. The summed E-state index contributed by atoms with van der Waals surface area (Å²) in [6.07, 6.45) is -11.1. The molecule has 1 heterocycles. The minimum absolute atomic E-state index is 0.0437. The predicted molar refractivity (Wildman–Crippen MR) is 130 cm³/mol. The van der Waals surface area contributed by atoms with Crippen LogP contribution in [-0.4, -0.2) is 31.1 Å². The van der Waals surface area contributed by atoms with Crippen molar-refractivity contribution >= 4 is 23.2 Å². The third kappa shape index (κ3) is 6.44. The Kier molecular flexibility index (Phi) is 7.49. The maximum atomic E-state index is 13.2. The van der Waals surface area contributed by atoms with Crippen LogP contribution >= 0.6 is 0 Å². The maximum Gasteiger partial charge on any atom is 0.416 e. The number of aryl methyl sites for hydroxylation is 1. The van der Waals surface area contributed by atoms with Crippen molar-refractivity contribution in [1.82, 2.24) is 0 Å². The van der Waals surface area contributed by atoms with Gasteiger partial charge in [-0.3, -0.25) is 9.59 Å². The van der Waals surface area contributed by atoms with Crippen molar-refractivity contribution in [3.05, 3.63) is 82.9 Å². The molecular formula is C27H22F6N2O4. The lowest BCUT2D eigenvalue weighted by atomic mass is 10.0. The van der Waals surface area contributed by atoms with E-state index in [4.69, 9.17) is 9.47 Å². The van der Waals surface area contributed by atoms with Gasteiger partial charge in [-0.2, -0.15) is 26.3 Å². The summed E-state index contributed by atoms with van der Waals surface area (Å²) in [7, 11) is 0. The lowest BCUT2D eigenvalue weighted by Crippen LogP contribution is -2.46. The Balaban J connectivity index is 1.54. The number of amides is 2. The van der Waals surface area contributed by atoms with Gasteiger partial charge in [0.15, 0.2) is 6.10 Å². The first-order valence-electron chi connectivity index (χ1n) is 11.6. The van der Waals surface area contributed by atoms with Gasteiger partial charge in [0, 0.05) is 17.3 Å². The van der Waals surface area contributed by atoms with E-state index in [0.29, 0.717) is 23.6 Å². The molecule has 0 saturated carbocycles. The van der Waals surface area contributed by atoms with Gasteiger partial charge in [-0.1, -0.05) is 12.1 Å². The van der Waals surface area contributed by atoms with Crippen LogP contribution in [0.4, 0.5) is 37.7 Å². The topological polar surface area (TPSA) is 67.9 Å². The number of nitrogens with zero attached hydrogens (tertiary/aromatic N) is 1. The first kappa shape index (κ1) is 27.8. The molecule has 6 nitrogen and oxygen atoms in total. The number of rotatable bonds is 6. The van der Waals surface area contributed by atoms with Gasteiger partial charge in [0.2, 0.25) is 0 Å². The van der Waals surface area contributed by atoms with E-state index in [9.17, 15) is 35.9 Å². The SMILES string of the molecule is Cc1cccc(OCCN2C(=O)C(C)Oc3cc(NC(=O)c4cc(C(F)(F)F)cc(C(F)(F)F)c4)ccc32)c1. The molecule has 0 radical (unpaired) electrons. The van der Waals surface area contributed by atoms with E-state index in [1.807, 2.05) is 25.1 Å². The summed E-state index contributed by atoms with van der Waals surface area (Å²) in [5, 5.41) is 2.29. The van der Waals surface area contributed by atoms with Crippen LogP contribution in [0.2, 0.25) is 0 Å². The van der Waals surface area contributed by atoms with Crippen LogP contribution in [0, 0.1) is 6.92 Å². The second-order valence-electron chi connectivity index (χ2n) is 8.85. The Morgan fingerprint density at radius 2 is 1.64 bits per heavy atom. The molecule has 1 atom stereocenters. The van der Waals surface area contributed by atoms with Crippen molar-refractivity contribution in [2.24, 2.45) is 0 Å². The molecule has 2 amide bonds. The number of ether oxygens (including phenoxy) is 2. The Labute approximate surface area is 219 Å². The van der Waals surface area contributed by atoms with Gasteiger partial charge in [-0.25, -0.2) is 0 Å². The molecule has 1 unspecified atom stereocenters. The minimum Gasteiger partial charge on any atom is -0.492 e. The first-order valence-corrected chi connectivity index (χ1v) is 11.6. The smallest absolute Gasteiger partial charge is 0.416 e. The van der Waals surface area contributed by atoms with Gasteiger partial charge in [-0.05, 0) is 61.9 Å². The van der Waals surface area contributed by atoms with Crippen LogP contribution in [-0.2, 0) is 17.1 Å². The minimum atomic E-state index is -5.09. The van der Waals surface area contributed by atoms with E-state index < -0.39 is 41.1 Å². The van der Waals surface area contributed by atoms with Crippen molar-refractivity contribution < 1.29 is 45.4 Å². The molecule has 0 saturated heterocycles. The molecule has 12 heteroatoms. The number of halogens is 6. The van der Waals surface area contributed by atoms with Crippen molar-refractivity contribution in [1.29, 1.82) is 0 Å². The Morgan fingerprint density at radius 1 is 0.974 bits per heavy atom. The van der Waals surface area contributed by atoms with E-state index in [2.05, 4.69) is 5.32 Å². The number of nitrogens with one attached hydrogen (secondary N) is 1. The second-order valence-corrected chi connectivity index (χ2v) is 8.85. The molecule has 0 fully saturated rings. The zero-order valence-corrected chi connectivity index (χ0v) is 20.6. The molecule has 0 spiro atoms. The van der Waals surface area contributed by atoms with Crippen LogP contribution in [0.1, 0.15) is 34.0 Å². The number of fused-ring (bicyclic) bond motifs is 1. The summed E-state index contributed by atoms with van der Waals surface area (Å²) in [6, 6.07) is 12.1. The average molecular weight is 552 g/mol. The number of carbonyl (C=O) groups is 2. The van der Waals surface area contributed by atoms with E-state index in [0.717, 1.165) is 5.56 Å². The lowest BCUT2D eigenvalue weighted by Gasteiger charge is -2.33. The highest BCUT2D eigenvalue weighted by Crippen LogP contribution is 2.38. The number of alkyl halides is 6. The number of anilines is 2. The fourth-order valence-corrected chi connectivity index (χ4v) is 3.97. The summed E-state index contributed by atoms with van der Waals surface area (Å²) in [6.45, 7) is 3.77. The van der Waals surface area contributed by atoms with E-state index in [-0.39, 0.29) is 36.6 Å². The molecule has 1 aliphatic rings. The van der Waals surface area contributed by atoms with Crippen molar-refractivity contribution in [2.75, 3.05) is 23.4 Å². The zero-order valence-electron chi connectivity index (χ0n) is 20.6. The summed E-state index contributed by atoms with van der Waals surface area (Å²) < 4.78 is 90.4.